The predicted octanol–water partition coefficient (Wildman–Crippen LogP) is 4.75. The lowest BCUT2D eigenvalue weighted by atomic mass is 9.99. The van der Waals surface area contributed by atoms with E-state index in [1.807, 2.05) is 65.8 Å². The smallest absolute Gasteiger partial charge is 0.339 e. The summed E-state index contributed by atoms with van der Waals surface area (Å²) in [5.41, 5.74) is -0.287. The fraction of sp³-hybridized carbons (Fsp3) is 0.400. The molecule has 0 fully saturated rings. The first-order chi connectivity index (χ1) is 11.0. The Morgan fingerprint density at radius 2 is 1.00 bits per heavy atom. The number of carbonyl (C=O) groups excluding carboxylic acids is 2. The molecular weight excluding hydrogens is 304 g/mol. The lowest BCUT2D eigenvalue weighted by molar-refractivity contribution is 0.00551. The van der Waals surface area contributed by atoms with Gasteiger partial charge in [0.1, 0.15) is 11.2 Å². The van der Waals surface area contributed by atoms with Gasteiger partial charge in [-0.05, 0) is 64.4 Å². The quantitative estimate of drug-likeness (QED) is 0.747. The van der Waals surface area contributed by atoms with Gasteiger partial charge in [0, 0.05) is 0 Å². The number of rotatable bonds is 2. The number of carbonyl (C=O) groups is 2. The largest absolute Gasteiger partial charge is 0.456 e. The normalized spacial score (nSPS) is 12.1. The number of ether oxygens (including phenoxy) is 2. The molecule has 0 aromatic heterocycles. The van der Waals surface area contributed by atoms with Crippen LogP contribution in [0.2, 0.25) is 0 Å². The number of benzene rings is 2. The third kappa shape index (κ3) is 4.34. The SMILES string of the molecule is CC(C)(C)OC(=O)c1ccc(C(=O)OC(C)(C)C)c2ccccc12. The highest BCUT2D eigenvalue weighted by Crippen LogP contribution is 2.26. The maximum atomic E-state index is 12.4. The van der Waals surface area contributed by atoms with Gasteiger partial charge in [-0.15, -0.1) is 0 Å². The third-order valence-corrected chi connectivity index (χ3v) is 3.16. The highest BCUT2D eigenvalue weighted by molar-refractivity contribution is 6.11. The second-order valence-corrected chi connectivity index (χ2v) is 7.71. The number of hydrogen-bond acceptors (Lipinski definition) is 4. The van der Waals surface area contributed by atoms with Crippen LogP contribution in [0.4, 0.5) is 0 Å². The molecule has 0 unspecified atom stereocenters. The second kappa shape index (κ2) is 6.27. The Balaban J connectivity index is 2.51. The summed E-state index contributed by atoms with van der Waals surface area (Å²) in [5, 5.41) is 1.35. The summed E-state index contributed by atoms with van der Waals surface area (Å²) >= 11 is 0. The molecule has 0 aliphatic rings. The monoisotopic (exact) mass is 328 g/mol. The Morgan fingerprint density at radius 3 is 1.29 bits per heavy atom. The van der Waals surface area contributed by atoms with E-state index in [-0.39, 0.29) is 0 Å². The second-order valence-electron chi connectivity index (χ2n) is 7.71. The summed E-state index contributed by atoms with van der Waals surface area (Å²) in [6, 6.07) is 10.5. The van der Waals surface area contributed by atoms with Crippen molar-refractivity contribution in [1.29, 1.82) is 0 Å². The van der Waals surface area contributed by atoms with E-state index in [0.717, 1.165) is 0 Å². The molecule has 4 nitrogen and oxygen atoms in total. The van der Waals surface area contributed by atoms with Gasteiger partial charge < -0.3 is 9.47 Å². The molecule has 0 saturated heterocycles. The predicted molar refractivity (Wildman–Crippen MR) is 94.3 cm³/mol. The van der Waals surface area contributed by atoms with Gasteiger partial charge in [0.25, 0.3) is 0 Å². The van der Waals surface area contributed by atoms with Crippen molar-refractivity contribution in [2.45, 2.75) is 52.7 Å². The lowest BCUT2D eigenvalue weighted by Gasteiger charge is -2.22. The van der Waals surface area contributed by atoms with Crippen molar-refractivity contribution in [3.05, 3.63) is 47.5 Å². The molecule has 128 valence electrons. The average molecular weight is 328 g/mol. The summed E-state index contributed by atoms with van der Waals surface area (Å²) < 4.78 is 10.9. The van der Waals surface area contributed by atoms with Crippen LogP contribution < -0.4 is 0 Å². The van der Waals surface area contributed by atoms with Crippen LogP contribution in [0.3, 0.4) is 0 Å². The Labute approximate surface area is 142 Å². The van der Waals surface area contributed by atoms with E-state index in [9.17, 15) is 9.59 Å². The zero-order chi connectivity index (χ0) is 18.1. The first-order valence-electron chi connectivity index (χ1n) is 7.96. The van der Waals surface area contributed by atoms with Crippen molar-refractivity contribution in [3.8, 4) is 0 Å². The summed E-state index contributed by atoms with van der Waals surface area (Å²) in [6.07, 6.45) is 0. The van der Waals surface area contributed by atoms with E-state index < -0.39 is 23.1 Å². The highest BCUT2D eigenvalue weighted by atomic mass is 16.6. The standard InChI is InChI=1S/C20H24O4/c1-19(2,3)23-17(21)15-11-12-16(18(22)24-20(4,5)6)14-10-8-7-9-13(14)15/h7-12H,1-6H3. The zero-order valence-electron chi connectivity index (χ0n) is 15.1. The van der Waals surface area contributed by atoms with Crippen LogP contribution in [0.5, 0.6) is 0 Å². The zero-order valence-corrected chi connectivity index (χ0v) is 15.1. The van der Waals surface area contributed by atoms with Crippen molar-refractivity contribution in [1.82, 2.24) is 0 Å². The topological polar surface area (TPSA) is 52.6 Å². The molecule has 2 aromatic rings. The van der Waals surface area contributed by atoms with Crippen LogP contribution in [0.1, 0.15) is 62.3 Å². The first kappa shape index (κ1) is 18.0. The molecule has 0 bridgehead atoms. The van der Waals surface area contributed by atoms with Gasteiger partial charge in [-0.2, -0.15) is 0 Å². The molecule has 0 aliphatic heterocycles. The van der Waals surface area contributed by atoms with E-state index in [4.69, 9.17) is 9.47 Å². The molecule has 0 atom stereocenters. The van der Waals surface area contributed by atoms with Gasteiger partial charge in [0.05, 0.1) is 11.1 Å². The van der Waals surface area contributed by atoms with Crippen LogP contribution in [0, 0.1) is 0 Å². The van der Waals surface area contributed by atoms with Crippen LogP contribution in [0.15, 0.2) is 36.4 Å². The van der Waals surface area contributed by atoms with E-state index in [0.29, 0.717) is 21.9 Å². The van der Waals surface area contributed by atoms with Crippen molar-refractivity contribution in [3.63, 3.8) is 0 Å². The Hall–Kier alpha value is -2.36. The van der Waals surface area contributed by atoms with Crippen molar-refractivity contribution in [2.75, 3.05) is 0 Å². The number of esters is 2. The van der Waals surface area contributed by atoms with Crippen molar-refractivity contribution >= 4 is 22.7 Å². The molecule has 2 rings (SSSR count). The minimum absolute atomic E-state index is 0.408. The van der Waals surface area contributed by atoms with Gasteiger partial charge >= 0.3 is 11.9 Å². The lowest BCUT2D eigenvalue weighted by Crippen LogP contribution is -2.25. The molecule has 0 saturated carbocycles. The minimum Gasteiger partial charge on any atom is -0.456 e. The summed E-state index contributed by atoms with van der Waals surface area (Å²) in [5.74, 6) is -0.816. The molecule has 24 heavy (non-hydrogen) atoms. The van der Waals surface area contributed by atoms with Gasteiger partial charge in [0.15, 0.2) is 0 Å². The van der Waals surface area contributed by atoms with E-state index in [2.05, 4.69) is 0 Å². The third-order valence-electron chi connectivity index (χ3n) is 3.16. The molecule has 0 radical (unpaired) electrons. The molecule has 0 aliphatic carbocycles. The van der Waals surface area contributed by atoms with E-state index in [1.54, 1.807) is 12.1 Å². The van der Waals surface area contributed by atoms with Crippen molar-refractivity contribution in [2.24, 2.45) is 0 Å². The molecule has 0 N–H and O–H groups in total. The van der Waals surface area contributed by atoms with Gasteiger partial charge in [-0.3, -0.25) is 0 Å². The summed E-state index contributed by atoms with van der Waals surface area (Å²) in [7, 11) is 0. The summed E-state index contributed by atoms with van der Waals surface area (Å²) in [4.78, 5) is 24.9. The van der Waals surface area contributed by atoms with Gasteiger partial charge in [-0.1, -0.05) is 24.3 Å². The van der Waals surface area contributed by atoms with Gasteiger partial charge in [0.2, 0.25) is 0 Å². The van der Waals surface area contributed by atoms with Gasteiger partial charge in [-0.25, -0.2) is 9.59 Å². The van der Waals surface area contributed by atoms with Crippen molar-refractivity contribution < 1.29 is 19.1 Å². The molecule has 0 spiro atoms. The average Bonchev–Trinajstić information content (AvgIpc) is 2.42. The number of fused-ring (bicyclic) bond motifs is 1. The minimum atomic E-state index is -0.581. The molecule has 0 amide bonds. The fourth-order valence-corrected chi connectivity index (χ4v) is 2.32. The summed E-state index contributed by atoms with van der Waals surface area (Å²) in [6.45, 7) is 10.9. The fourth-order valence-electron chi connectivity index (χ4n) is 2.32. The molecule has 2 aromatic carbocycles. The Bertz CT molecular complexity index is 710. The molecule has 4 heteroatoms. The first-order valence-corrected chi connectivity index (χ1v) is 7.96. The molecular formula is C20H24O4. The molecule has 0 heterocycles. The van der Waals surface area contributed by atoms with E-state index in [1.165, 1.54) is 0 Å². The van der Waals surface area contributed by atoms with Crippen LogP contribution in [-0.2, 0) is 9.47 Å². The maximum absolute atomic E-state index is 12.4. The Kier molecular flexibility index (Phi) is 4.70. The number of hydrogen-bond donors (Lipinski definition) is 0. The van der Waals surface area contributed by atoms with Crippen LogP contribution >= 0.6 is 0 Å². The maximum Gasteiger partial charge on any atom is 0.339 e. The van der Waals surface area contributed by atoms with E-state index >= 15 is 0 Å². The van der Waals surface area contributed by atoms with Crippen LogP contribution in [-0.4, -0.2) is 23.1 Å². The highest BCUT2D eigenvalue weighted by Gasteiger charge is 2.23. The Morgan fingerprint density at radius 1 is 0.667 bits per heavy atom. The van der Waals surface area contributed by atoms with Crippen LogP contribution in [0.25, 0.3) is 10.8 Å².